The van der Waals surface area contributed by atoms with E-state index in [1.54, 1.807) is 31.2 Å². The number of sulfonamides is 1. The van der Waals surface area contributed by atoms with Gasteiger partial charge in [-0.3, -0.25) is 4.79 Å². The molecule has 1 aliphatic heterocycles. The van der Waals surface area contributed by atoms with E-state index < -0.39 is 16.1 Å². The molecular weight excluding hydrogens is 332 g/mol. The third-order valence-electron chi connectivity index (χ3n) is 3.13. The first kappa shape index (κ1) is 14.5. The molecule has 1 heterocycles. The lowest BCUT2D eigenvalue weighted by Crippen LogP contribution is -2.55. The number of hydrogen-bond acceptors (Lipinski definition) is 3. The largest absolute Gasteiger partial charge is 0.353 e. The van der Waals surface area contributed by atoms with E-state index >= 15 is 0 Å². The van der Waals surface area contributed by atoms with Crippen molar-refractivity contribution in [2.24, 2.45) is 0 Å². The standard InChI is InChI=1S/C12H15BrN2O3S/c1-9-12(16)14-6-7-15(9)19(17,18)11-4-2-10(8-13)3-5-11/h2-5,9H,6-8H2,1H3,(H,14,16). The van der Waals surface area contributed by atoms with Crippen LogP contribution in [0, 0.1) is 0 Å². The highest BCUT2D eigenvalue weighted by Crippen LogP contribution is 2.20. The van der Waals surface area contributed by atoms with Crippen LogP contribution in [0.3, 0.4) is 0 Å². The van der Waals surface area contributed by atoms with Crippen molar-refractivity contribution in [2.75, 3.05) is 13.1 Å². The minimum atomic E-state index is -3.61. The summed E-state index contributed by atoms with van der Waals surface area (Å²) in [6.07, 6.45) is 0. The number of alkyl halides is 1. The number of piperazine rings is 1. The Morgan fingerprint density at radius 2 is 2.00 bits per heavy atom. The first-order valence-electron chi connectivity index (χ1n) is 5.91. The zero-order chi connectivity index (χ0) is 14.0. The fourth-order valence-corrected chi connectivity index (χ4v) is 3.94. The molecule has 0 bridgehead atoms. The van der Waals surface area contributed by atoms with E-state index in [4.69, 9.17) is 0 Å². The molecule has 1 aromatic carbocycles. The minimum Gasteiger partial charge on any atom is -0.353 e. The van der Waals surface area contributed by atoms with Gasteiger partial charge in [0.2, 0.25) is 15.9 Å². The average Bonchev–Trinajstić information content (AvgIpc) is 2.41. The Hall–Kier alpha value is -0.920. The number of hydrogen-bond donors (Lipinski definition) is 1. The highest BCUT2D eigenvalue weighted by atomic mass is 79.9. The van der Waals surface area contributed by atoms with Crippen LogP contribution in [0.4, 0.5) is 0 Å². The average molecular weight is 347 g/mol. The first-order chi connectivity index (χ1) is 8.96. The molecule has 1 fully saturated rings. The maximum absolute atomic E-state index is 12.5. The van der Waals surface area contributed by atoms with Gasteiger partial charge in [0.05, 0.1) is 4.90 Å². The molecule has 1 aromatic rings. The smallest absolute Gasteiger partial charge is 0.243 e. The summed E-state index contributed by atoms with van der Waals surface area (Å²) in [6.45, 7) is 2.25. The summed E-state index contributed by atoms with van der Waals surface area (Å²) >= 11 is 3.31. The van der Waals surface area contributed by atoms with Crippen LogP contribution >= 0.6 is 15.9 Å². The lowest BCUT2D eigenvalue weighted by Gasteiger charge is -2.31. The second-order valence-electron chi connectivity index (χ2n) is 4.36. The SMILES string of the molecule is CC1C(=O)NCCN1S(=O)(=O)c1ccc(CBr)cc1. The van der Waals surface area contributed by atoms with E-state index in [-0.39, 0.29) is 10.8 Å². The maximum atomic E-state index is 12.5. The summed E-state index contributed by atoms with van der Waals surface area (Å²) in [5.74, 6) is -0.257. The fraction of sp³-hybridized carbons (Fsp3) is 0.417. The van der Waals surface area contributed by atoms with Crippen LogP contribution in [-0.2, 0) is 20.1 Å². The van der Waals surface area contributed by atoms with Crippen LogP contribution < -0.4 is 5.32 Å². The maximum Gasteiger partial charge on any atom is 0.243 e. The van der Waals surface area contributed by atoms with E-state index in [1.807, 2.05) is 0 Å². The molecule has 1 N–H and O–H groups in total. The summed E-state index contributed by atoms with van der Waals surface area (Å²) in [4.78, 5) is 11.8. The van der Waals surface area contributed by atoms with Crippen molar-refractivity contribution in [1.82, 2.24) is 9.62 Å². The number of benzene rings is 1. The van der Waals surface area contributed by atoms with Gasteiger partial charge < -0.3 is 5.32 Å². The number of amides is 1. The van der Waals surface area contributed by atoms with Crippen molar-refractivity contribution in [1.29, 1.82) is 0 Å². The zero-order valence-corrected chi connectivity index (χ0v) is 12.9. The second kappa shape index (κ2) is 5.60. The van der Waals surface area contributed by atoms with Crippen LogP contribution in [0.1, 0.15) is 12.5 Å². The highest BCUT2D eigenvalue weighted by Gasteiger charge is 2.35. The first-order valence-corrected chi connectivity index (χ1v) is 8.47. The monoisotopic (exact) mass is 346 g/mol. The van der Waals surface area contributed by atoms with E-state index in [2.05, 4.69) is 21.2 Å². The number of carbonyl (C=O) groups is 1. The van der Waals surface area contributed by atoms with Crippen LogP contribution in [0.2, 0.25) is 0 Å². The highest BCUT2D eigenvalue weighted by molar-refractivity contribution is 9.08. The van der Waals surface area contributed by atoms with Crippen LogP contribution in [0.5, 0.6) is 0 Å². The summed E-state index contributed by atoms with van der Waals surface area (Å²) in [7, 11) is -3.61. The Kier molecular flexibility index (Phi) is 4.27. The van der Waals surface area contributed by atoms with Crippen LogP contribution in [-0.4, -0.2) is 37.8 Å². The summed E-state index contributed by atoms with van der Waals surface area (Å²) in [6, 6.07) is 6.00. The molecule has 1 saturated heterocycles. The van der Waals surface area contributed by atoms with Gasteiger partial charge in [-0.1, -0.05) is 28.1 Å². The Balaban J connectivity index is 2.32. The number of halogens is 1. The van der Waals surface area contributed by atoms with Crippen LogP contribution in [0.25, 0.3) is 0 Å². The Morgan fingerprint density at radius 1 is 1.37 bits per heavy atom. The number of carbonyl (C=O) groups excluding carboxylic acids is 1. The van der Waals surface area contributed by atoms with Crippen molar-refractivity contribution in [2.45, 2.75) is 23.2 Å². The number of rotatable bonds is 3. The van der Waals surface area contributed by atoms with E-state index in [0.717, 1.165) is 5.56 Å². The predicted octanol–water partition coefficient (Wildman–Crippen LogP) is 1.09. The molecule has 1 atom stereocenters. The van der Waals surface area contributed by atoms with Crippen molar-refractivity contribution < 1.29 is 13.2 Å². The van der Waals surface area contributed by atoms with Gasteiger partial charge in [-0.25, -0.2) is 8.42 Å². The molecule has 0 spiro atoms. The second-order valence-corrected chi connectivity index (χ2v) is 6.81. The van der Waals surface area contributed by atoms with Gasteiger partial charge in [0, 0.05) is 18.4 Å². The van der Waals surface area contributed by atoms with Gasteiger partial charge in [-0.05, 0) is 24.6 Å². The molecule has 1 unspecified atom stereocenters. The molecular formula is C12H15BrN2O3S. The summed E-state index contributed by atoms with van der Waals surface area (Å²) < 4.78 is 26.2. The molecule has 0 saturated carbocycles. The minimum absolute atomic E-state index is 0.221. The van der Waals surface area contributed by atoms with E-state index in [9.17, 15) is 13.2 Å². The lowest BCUT2D eigenvalue weighted by atomic mass is 10.2. The zero-order valence-electron chi connectivity index (χ0n) is 10.5. The molecule has 0 radical (unpaired) electrons. The van der Waals surface area contributed by atoms with Gasteiger partial charge in [-0.2, -0.15) is 4.31 Å². The Morgan fingerprint density at radius 3 is 2.58 bits per heavy atom. The molecule has 7 heteroatoms. The molecule has 2 rings (SSSR count). The number of nitrogens with one attached hydrogen (secondary N) is 1. The van der Waals surface area contributed by atoms with Gasteiger partial charge in [0.1, 0.15) is 6.04 Å². The molecule has 0 aromatic heterocycles. The molecule has 0 aliphatic carbocycles. The van der Waals surface area contributed by atoms with Gasteiger partial charge in [0.25, 0.3) is 0 Å². The molecule has 1 amide bonds. The van der Waals surface area contributed by atoms with Gasteiger partial charge >= 0.3 is 0 Å². The summed E-state index contributed by atoms with van der Waals surface area (Å²) in [5, 5.41) is 3.33. The van der Waals surface area contributed by atoms with E-state index in [0.29, 0.717) is 18.4 Å². The quantitative estimate of drug-likeness (QED) is 0.833. The van der Waals surface area contributed by atoms with Crippen molar-refractivity contribution in [3.8, 4) is 0 Å². The van der Waals surface area contributed by atoms with Crippen molar-refractivity contribution >= 4 is 31.9 Å². The van der Waals surface area contributed by atoms with Gasteiger partial charge in [0.15, 0.2) is 0 Å². The van der Waals surface area contributed by atoms with Gasteiger partial charge in [-0.15, -0.1) is 0 Å². The Labute approximate surface area is 121 Å². The van der Waals surface area contributed by atoms with E-state index in [1.165, 1.54) is 4.31 Å². The van der Waals surface area contributed by atoms with Crippen molar-refractivity contribution in [3.63, 3.8) is 0 Å². The predicted molar refractivity (Wildman–Crippen MR) is 75.4 cm³/mol. The number of nitrogens with zero attached hydrogens (tertiary/aromatic N) is 1. The molecule has 5 nitrogen and oxygen atoms in total. The van der Waals surface area contributed by atoms with Crippen molar-refractivity contribution in [3.05, 3.63) is 29.8 Å². The molecule has 19 heavy (non-hydrogen) atoms. The lowest BCUT2D eigenvalue weighted by molar-refractivity contribution is -0.126. The molecule has 104 valence electrons. The van der Waals surface area contributed by atoms with Crippen LogP contribution in [0.15, 0.2) is 29.2 Å². The third-order valence-corrected chi connectivity index (χ3v) is 5.76. The third kappa shape index (κ3) is 2.82. The Bertz CT molecular complexity index is 571. The topological polar surface area (TPSA) is 66.5 Å². The summed E-state index contributed by atoms with van der Waals surface area (Å²) in [5.41, 5.74) is 1.00. The normalized spacial score (nSPS) is 21.2. The fourth-order valence-electron chi connectivity index (χ4n) is 1.98. The molecule has 1 aliphatic rings.